The fourth-order valence-electron chi connectivity index (χ4n) is 3.10. The van der Waals surface area contributed by atoms with Crippen LogP contribution in [0.15, 0.2) is 77.3 Å². The second-order valence-corrected chi connectivity index (χ2v) is 7.19. The number of hydrogen-bond donors (Lipinski definition) is 1. The Bertz CT molecular complexity index is 1180. The van der Waals surface area contributed by atoms with Gasteiger partial charge in [-0.1, -0.05) is 53.2 Å². The quantitative estimate of drug-likeness (QED) is 0.446. The largest absolute Gasteiger partial charge is 0.496 e. The summed E-state index contributed by atoms with van der Waals surface area (Å²) in [7, 11) is 1.60. The minimum Gasteiger partial charge on any atom is -0.496 e. The van der Waals surface area contributed by atoms with Crippen LogP contribution in [0.25, 0.3) is 22.8 Å². The van der Waals surface area contributed by atoms with Crippen LogP contribution in [0.3, 0.4) is 0 Å². The summed E-state index contributed by atoms with van der Waals surface area (Å²) in [6, 6.07) is 22.6. The van der Waals surface area contributed by atoms with E-state index < -0.39 is 0 Å². The fraction of sp³-hybridized carbons (Fsp3) is 0.160. The average Bonchev–Trinajstić information content (AvgIpc) is 3.32. The van der Waals surface area contributed by atoms with Crippen molar-refractivity contribution in [2.45, 2.75) is 13.5 Å². The minimum absolute atomic E-state index is 0.0906. The van der Waals surface area contributed by atoms with E-state index in [1.54, 1.807) is 19.2 Å². The van der Waals surface area contributed by atoms with Gasteiger partial charge in [0.1, 0.15) is 11.5 Å². The molecule has 0 radical (unpaired) electrons. The highest BCUT2D eigenvalue weighted by atomic mass is 16.5. The second kappa shape index (κ2) is 9.78. The first kappa shape index (κ1) is 21.1. The Morgan fingerprint density at radius 3 is 2.44 bits per heavy atom. The Hall–Kier alpha value is -4.13. The smallest absolute Gasteiger partial charge is 0.258 e. The van der Waals surface area contributed by atoms with Crippen molar-refractivity contribution in [3.05, 3.63) is 83.9 Å². The van der Waals surface area contributed by atoms with Crippen LogP contribution in [-0.4, -0.2) is 29.8 Å². The van der Waals surface area contributed by atoms with Gasteiger partial charge < -0.3 is 19.3 Å². The molecule has 3 aromatic carbocycles. The van der Waals surface area contributed by atoms with Crippen molar-refractivity contribution in [3.8, 4) is 34.3 Å². The molecule has 0 saturated carbocycles. The van der Waals surface area contributed by atoms with Crippen LogP contribution in [-0.2, 0) is 11.3 Å². The van der Waals surface area contributed by atoms with Crippen molar-refractivity contribution in [2.24, 2.45) is 0 Å². The van der Waals surface area contributed by atoms with Gasteiger partial charge in [-0.2, -0.15) is 4.98 Å². The maximum Gasteiger partial charge on any atom is 0.258 e. The van der Waals surface area contributed by atoms with E-state index in [-0.39, 0.29) is 12.5 Å². The number of nitrogens with zero attached hydrogens (tertiary/aromatic N) is 2. The van der Waals surface area contributed by atoms with Crippen LogP contribution in [0.5, 0.6) is 11.5 Å². The Balaban J connectivity index is 1.31. The highest BCUT2D eigenvalue weighted by molar-refractivity contribution is 5.77. The van der Waals surface area contributed by atoms with E-state index in [2.05, 4.69) is 15.5 Å². The summed E-state index contributed by atoms with van der Waals surface area (Å²) in [5.41, 5.74) is 3.73. The molecule has 0 unspecified atom stereocenters. The number of aromatic nitrogens is 2. The van der Waals surface area contributed by atoms with E-state index >= 15 is 0 Å². The van der Waals surface area contributed by atoms with Crippen molar-refractivity contribution >= 4 is 5.91 Å². The van der Waals surface area contributed by atoms with Gasteiger partial charge in [0, 0.05) is 23.2 Å². The molecule has 0 aliphatic carbocycles. The molecule has 0 aliphatic rings. The van der Waals surface area contributed by atoms with Gasteiger partial charge in [-0.05, 0) is 37.3 Å². The molecule has 1 heterocycles. The lowest BCUT2D eigenvalue weighted by molar-refractivity contribution is -0.123. The first-order valence-corrected chi connectivity index (χ1v) is 10.1. The number of ether oxygens (including phenoxy) is 2. The number of rotatable bonds is 8. The van der Waals surface area contributed by atoms with E-state index in [1.807, 2.05) is 67.6 Å². The van der Waals surface area contributed by atoms with Gasteiger partial charge >= 0.3 is 0 Å². The maximum absolute atomic E-state index is 12.1. The van der Waals surface area contributed by atoms with Gasteiger partial charge in [0.25, 0.3) is 11.8 Å². The van der Waals surface area contributed by atoms with E-state index in [0.29, 0.717) is 24.0 Å². The Kier molecular flexibility index (Phi) is 6.46. The molecule has 0 aliphatic heterocycles. The van der Waals surface area contributed by atoms with E-state index in [0.717, 1.165) is 22.4 Å². The van der Waals surface area contributed by atoms with Crippen molar-refractivity contribution in [1.29, 1.82) is 0 Å². The first-order chi connectivity index (χ1) is 15.6. The molecule has 1 amide bonds. The third-order valence-electron chi connectivity index (χ3n) is 4.88. The van der Waals surface area contributed by atoms with Crippen molar-refractivity contribution in [1.82, 2.24) is 15.5 Å². The molecule has 7 nitrogen and oxygen atoms in total. The zero-order valence-corrected chi connectivity index (χ0v) is 17.9. The van der Waals surface area contributed by atoms with Crippen molar-refractivity contribution in [2.75, 3.05) is 13.7 Å². The zero-order chi connectivity index (χ0) is 22.3. The van der Waals surface area contributed by atoms with Crippen molar-refractivity contribution in [3.63, 3.8) is 0 Å². The molecular formula is C25H23N3O4. The number of carbonyl (C=O) groups excluding carboxylic acids is 1. The van der Waals surface area contributed by atoms with Crippen LogP contribution in [0, 0.1) is 6.92 Å². The van der Waals surface area contributed by atoms with Crippen LogP contribution in [0.2, 0.25) is 0 Å². The summed E-state index contributed by atoms with van der Waals surface area (Å²) >= 11 is 0. The standard InChI is InChI=1S/C25H23N3O4/c1-17-7-9-18(10-8-17)24-27-25(32-28-24)19-11-13-21(14-12-19)31-16-23(29)26-15-20-5-3-4-6-22(20)30-2/h3-14H,15-16H2,1-2H3,(H,26,29). The first-order valence-electron chi connectivity index (χ1n) is 10.1. The molecule has 7 heteroatoms. The maximum atomic E-state index is 12.1. The summed E-state index contributed by atoms with van der Waals surface area (Å²) < 4.78 is 16.3. The highest BCUT2D eigenvalue weighted by Crippen LogP contribution is 2.24. The van der Waals surface area contributed by atoms with Crippen LogP contribution >= 0.6 is 0 Å². The van der Waals surface area contributed by atoms with Gasteiger partial charge in [0.2, 0.25) is 5.82 Å². The predicted molar refractivity (Wildman–Crippen MR) is 120 cm³/mol. The molecule has 32 heavy (non-hydrogen) atoms. The number of methoxy groups -OCH3 is 1. The molecule has 0 spiro atoms. The predicted octanol–water partition coefficient (Wildman–Crippen LogP) is 4.42. The lowest BCUT2D eigenvalue weighted by Crippen LogP contribution is -2.28. The normalized spacial score (nSPS) is 10.6. The van der Waals surface area contributed by atoms with E-state index in [9.17, 15) is 4.79 Å². The van der Waals surface area contributed by atoms with Crippen LogP contribution in [0.4, 0.5) is 0 Å². The summed E-state index contributed by atoms with van der Waals surface area (Å²) in [5.74, 6) is 2.03. The van der Waals surface area contributed by atoms with Crippen LogP contribution in [0.1, 0.15) is 11.1 Å². The third-order valence-corrected chi connectivity index (χ3v) is 4.88. The van der Waals surface area contributed by atoms with Gasteiger partial charge in [-0.15, -0.1) is 0 Å². The molecule has 1 aromatic heterocycles. The van der Waals surface area contributed by atoms with E-state index in [1.165, 1.54) is 5.56 Å². The van der Waals surface area contributed by atoms with Gasteiger partial charge in [-0.25, -0.2) is 0 Å². The molecule has 4 rings (SSSR count). The summed E-state index contributed by atoms with van der Waals surface area (Å²) in [6.07, 6.45) is 0. The summed E-state index contributed by atoms with van der Waals surface area (Å²) in [5, 5.41) is 6.88. The zero-order valence-electron chi connectivity index (χ0n) is 17.9. The number of aryl methyl sites for hydroxylation is 1. The lowest BCUT2D eigenvalue weighted by atomic mass is 10.1. The molecular weight excluding hydrogens is 406 g/mol. The number of nitrogens with one attached hydrogen (secondary N) is 1. The summed E-state index contributed by atoms with van der Waals surface area (Å²) in [4.78, 5) is 16.6. The topological polar surface area (TPSA) is 86.5 Å². The molecule has 0 atom stereocenters. The third kappa shape index (κ3) is 5.13. The molecule has 162 valence electrons. The van der Waals surface area contributed by atoms with Gasteiger partial charge in [-0.3, -0.25) is 4.79 Å². The fourth-order valence-corrected chi connectivity index (χ4v) is 3.10. The Labute approximate surface area is 186 Å². The molecule has 0 saturated heterocycles. The average molecular weight is 429 g/mol. The Morgan fingerprint density at radius 2 is 1.69 bits per heavy atom. The number of amides is 1. The minimum atomic E-state index is -0.223. The number of hydrogen-bond acceptors (Lipinski definition) is 6. The summed E-state index contributed by atoms with van der Waals surface area (Å²) in [6.45, 7) is 2.30. The molecule has 4 aromatic rings. The number of benzene rings is 3. The van der Waals surface area contributed by atoms with Crippen molar-refractivity contribution < 1.29 is 18.8 Å². The monoisotopic (exact) mass is 429 g/mol. The van der Waals surface area contributed by atoms with E-state index in [4.69, 9.17) is 14.0 Å². The molecule has 0 fully saturated rings. The lowest BCUT2D eigenvalue weighted by Gasteiger charge is -2.10. The second-order valence-electron chi connectivity index (χ2n) is 7.19. The Morgan fingerprint density at radius 1 is 0.969 bits per heavy atom. The van der Waals surface area contributed by atoms with Gasteiger partial charge in [0.15, 0.2) is 6.61 Å². The SMILES string of the molecule is COc1ccccc1CNC(=O)COc1ccc(-c2nc(-c3ccc(C)cc3)no2)cc1. The number of para-hydroxylation sites is 1. The highest BCUT2D eigenvalue weighted by Gasteiger charge is 2.11. The van der Waals surface area contributed by atoms with Gasteiger partial charge in [0.05, 0.1) is 7.11 Å². The molecule has 1 N–H and O–H groups in total. The van der Waals surface area contributed by atoms with Crippen LogP contribution < -0.4 is 14.8 Å². The number of carbonyl (C=O) groups is 1. The molecule has 0 bridgehead atoms.